The van der Waals surface area contributed by atoms with Gasteiger partial charge >= 0.3 is 5.91 Å². The molecule has 162 valence electrons. The Morgan fingerprint density at radius 1 is 1.32 bits per heavy atom. The van der Waals surface area contributed by atoms with E-state index in [0.717, 1.165) is 12.8 Å². The van der Waals surface area contributed by atoms with Crippen molar-refractivity contribution in [1.29, 1.82) is 0 Å². The van der Waals surface area contributed by atoms with Crippen LogP contribution in [0.25, 0.3) is 0 Å². The number of terminal acetylenes is 1. The van der Waals surface area contributed by atoms with Crippen molar-refractivity contribution in [1.82, 2.24) is 9.97 Å². The highest BCUT2D eigenvalue weighted by atomic mass is 35.5. The molecule has 2 aromatic rings. The third-order valence-electron chi connectivity index (χ3n) is 4.86. The van der Waals surface area contributed by atoms with E-state index in [-0.39, 0.29) is 0 Å². The van der Waals surface area contributed by atoms with Crippen LogP contribution in [0.15, 0.2) is 36.9 Å². The van der Waals surface area contributed by atoms with Crippen molar-refractivity contribution in [2.45, 2.75) is 39.7 Å². The summed E-state index contributed by atoms with van der Waals surface area (Å²) < 4.78 is 5.77. The Bertz CT molecular complexity index is 994. The van der Waals surface area contributed by atoms with E-state index in [9.17, 15) is 9.59 Å². The lowest BCUT2D eigenvalue weighted by Crippen LogP contribution is -2.54. The zero-order valence-electron chi connectivity index (χ0n) is 17.8. The van der Waals surface area contributed by atoms with E-state index in [4.69, 9.17) is 22.8 Å². The number of nitrogens with one attached hydrogen (secondary N) is 1. The van der Waals surface area contributed by atoms with E-state index in [1.807, 2.05) is 20.8 Å². The third-order valence-corrected chi connectivity index (χ3v) is 5.16. The van der Waals surface area contributed by atoms with E-state index in [0.29, 0.717) is 34.7 Å². The van der Waals surface area contributed by atoms with Gasteiger partial charge in [-0.1, -0.05) is 32.4 Å². The Kier molecular flexibility index (Phi) is 6.81. The molecule has 0 radical (unpaired) electrons. The highest BCUT2D eigenvalue weighted by molar-refractivity contribution is 6.32. The minimum absolute atomic E-state index is 0.345. The summed E-state index contributed by atoms with van der Waals surface area (Å²) in [5.74, 6) is 2.16. The van der Waals surface area contributed by atoms with Gasteiger partial charge in [-0.2, -0.15) is 0 Å². The first-order chi connectivity index (χ1) is 14.7. The monoisotopic (exact) mass is 440 g/mol. The van der Waals surface area contributed by atoms with Gasteiger partial charge in [-0.3, -0.25) is 14.5 Å². The van der Waals surface area contributed by atoms with Crippen molar-refractivity contribution >= 4 is 34.8 Å². The number of rotatable bonds is 7. The van der Waals surface area contributed by atoms with Crippen LogP contribution in [-0.4, -0.2) is 34.4 Å². The van der Waals surface area contributed by atoms with Crippen molar-refractivity contribution in [3.05, 3.63) is 41.9 Å². The molecule has 1 saturated carbocycles. The van der Waals surface area contributed by atoms with Crippen LogP contribution in [-0.2, 0) is 9.59 Å². The van der Waals surface area contributed by atoms with E-state index >= 15 is 0 Å². The van der Waals surface area contributed by atoms with Crippen molar-refractivity contribution in [3.8, 4) is 18.1 Å². The number of hydrogen-bond acceptors (Lipinski definition) is 5. The van der Waals surface area contributed by atoms with Crippen molar-refractivity contribution in [2.24, 2.45) is 11.3 Å². The SMILES string of the molecule is C#CC(=O)N(c1ccc(OCC2CC2)c(Cl)c1)C(C(=O)Nc1cncnc1)C(C)(C)C. The topological polar surface area (TPSA) is 84.4 Å². The van der Waals surface area contributed by atoms with Gasteiger partial charge in [0.2, 0.25) is 5.91 Å². The normalized spacial score (nSPS) is 14.3. The highest BCUT2D eigenvalue weighted by Gasteiger charge is 2.40. The molecule has 1 heterocycles. The summed E-state index contributed by atoms with van der Waals surface area (Å²) >= 11 is 6.42. The standard InChI is InChI=1S/C23H25ClN4O3/c1-5-20(29)28(17-8-9-19(18(24)10-17)31-13-15-6-7-15)21(23(2,3)4)22(30)27-16-11-25-14-26-12-16/h1,8-12,14-15,21H,6-7,13H2,2-4H3,(H,27,30). The maximum Gasteiger partial charge on any atom is 0.303 e. The Morgan fingerprint density at radius 2 is 2.00 bits per heavy atom. The molecular weight excluding hydrogens is 416 g/mol. The molecule has 7 nitrogen and oxygen atoms in total. The van der Waals surface area contributed by atoms with Crippen LogP contribution >= 0.6 is 11.6 Å². The number of ether oxygens (including phenoxy) is 1. The number of benzene rings is 1. The Balaban J connectivity index is 1.93. The first-order valence-electron chi connectivity index (χ1n) is 9.98. The van der Waals surface area contributed by atoms with Gasteiger partial charge in [0, 0.05) is 5.69 Å². The molecule has 1 aliphatic rings. The molecule has 31 heavy (non-hydrogen) atoms. The van der Waals surface area contributed by atoms with Crippen LogP contribution in [0.3, 0.4) is 0 Å². The maximum absolute atomic E-state index is 13.2. The van der Waals surface area contributed by atoms with Gasteiger partial charge in [-0.15, -0.1) is 6.42 Å². The average Bonchev–Trinajstić information content (AvgIpc) is 3.54. The first-order valence-corrected chi connectivity index (χ1v) is 10.4. The predicted octanol–water partition coefficient (Wildman–Crippen LogP) is 3.94. The van der Waals surface area contributed by atoms with E-state index in [1.165, 1.54) is 23.6 Å². The second-order valence-corrected chi connectivity index (χ2v) is 8.98. The molecule has 1 aliphatic carbocycles. The van der Waals surface area contributed by atoms with Crippen molar-refractivity contribution < 1.29 is 14.3 Å². The number of anilines is 2. The fourth-order valence-corrected chi connectivity index (χ4v) is 3.40. The predicted molar refractivity (Wildman–Crippen MR) is 120 cm³/mol. The zero-order chi connectivity index (χ0) is 22.6. The molecule has 3 rings (SSSR count). The number of hydrogen-bond donors (Lipinski definition) is 1. The molecule has 1 aromatic heterocycles. The summed E-state index contributed by atoms with van der Waals surface area (Å²) in [5, 5.41) is 3.10. The van der Waals surface area contributed by atoms with Crippen LogP contribution in [0, 0.1) is 23.7 Å². The Hall–Kier alpha value is -3.11. The molecule has 1 fully saturated rings. The summed E-state index contributed by atoms with van der Waals surface area (Å²) in [4.78, 5) is 35.1. The Morgan fingerprint density at radius 3 is 2.55 bits per heavy atom. The minimum atomic E-state index is -0.925. The van der Waals surface area contributed by atoms with Gasteiger partial charge in [0.1, 0.15) is 18.1 Å². The van der Waals surface area contributed by atoms with Gasteiger partial charge in [0.05, 0.1) is 29.7 Å². The number of carbonyl (C=O) groups is 2. The van der Waals surface area contributed by atoms with E-state index in [2.05, 4.69) is 21.2 Å². The molecule has 1 unspecified atom stereocenters. The van der Waals surface area contributed by atoms with Crippen molar-refractivity contribution in [2.75, 3.05) is 16.8 Å². The lowest BCUT2D eigenvalue weighted by Gasteiger charge is -2.38. The quantitative estimate of drug-likeness (QED) is 0.659. The second-order valence-electron chi connectivity index (χ2n) is 8.57. The minimum Gasteiger partial charge on any atom is -0.492 e. The average molecular weight is 441 g/mol. The van der Waals surface area contributed by atoms with Crippen LogP contribution in [0.1, 0.15) is 33.6 Å². The van der Waals surface area contributed by atoms with Gasteiger partial charge in [-0.25, -0.2) is 9.97 Å². The lowest BCUT2D eigenvalue weighted by atomic mass is 9.84. The van der Waals surface area contributed by atoms with E-state index in [1.54, 1.807) is 18.2 Å². The summed E-state index contributed by atoms with van der Waals surface area (Å²) in [5.41, 5.74) is 0.169. The molecule has 0 saturated heterocycles. The molecule has 1 atom stereocenters. The van der Waals surface area contributed by atoms with Gasteiger partial charge < -0.3 is 10.1 Å². The summed E-state index contributed by atoms with van der Waals surface area (Å²) in [6, 6.07) is 4.04. The molecule has 2 amide bonds. The largest absolute Gasteiger partial charge is 0.492 e. The summed E-state index contributed by atoms with van der Waals surface area (Å²) in [6.45, 7) is 6.16. The molecular formula is C23H25ClN4O3. The smallest absolute Gasteiger partial charge is 0.303 e. The summed E-state index contributed by atoms with van der Waals surface area (Å²) in [6.07, 6.45) is 12.1. The van der Waals surface area contributed by atoms with Crippen LogP contribution in [0.2, 0.25) is 5.02 Å². The fraction of sp³-hybridized carbons (Fsp3) is 0.391. The van der Waals surface area contributed by atoms with E-state index < -0.39 is 23.3 Å². The number of nitrogens with zero attached hydrogens (tertiary/aromatic N) is 3. The number of halogens is 1. The zero-order valence-corrected chi connectivity index (χ0v) is 18.5. The van der Waals surface area contributed by atoms with Crippen LogP contribution in [0.5, 0.6) is 5.75 Å². The highest BCUT2D eigenvalue weighted by Crippen LogP contribution is 2.36. The molecule has 8 heteroatoms. The summed E-state index contributed by atoms with van der Waals surface area (Å²) in [7, 11) is 0. The van der Waals surface area contributed by atoms with Gasteiger partial charge in [0.25, 0.3) is 0 Å². The lowest BCUT2D eigenvalue weighted by molar-refractivity contribution is -0.123. The second kappa shape index (κ2) is 9.36. The van der Waals surface area contributed by atoms with Crippen LogP contribution in [0.4, 0.5) is 11.4 Å². The number of carbonyl (C=O) groups excluding carboxylic acids is 2. The van der Waals surface area contributed by atoms with Gasteiger partial charge in [-0.05, 0) is 48.3 Å². The molecule has 1 N–H and O–H groups in total. The molecule has 0 bridgehead atoms. The third kappa shape index (κ3) is 5.74. The fourth-order valence-electron chi connectivity index (χ4n) is 3.17. The van der Waals surface area contributed by atoms with Gasteiger partial charge in [0.15, 0.2) is 0 Å². The van der Waals surface area contributed by atoms with Crippen molar-refractivity contribution in [3.63, 3.8) is 0 Å². The van der Waals surface area contributed by atoms with Crippen LogP contribution < -0.4 is 15.0 Å². The maximum atomic E-state index is 13.2. The first kappa shape index (κ1) is 22.6. The molecule has 0 spiro atoms. The molecule has 0 aliphatic heterocycles. The number of amides is 2. The molecule has 1 aromatic carbocycles. The Labute approximate surface area is 187 Å². The number of aromatic nitrogens is 2.